The van der Waals surface area contributed by atoms with Crippen molar-refractivity contribution in [2.24, 2.45) is 0 Å². The van der Waals surface area contributed by atoms with Crippen LogP contribution in [0.5, 0.6) is 0 Å². The van der Waals surface area contributed by atoms with Gasteiger partial charge in [-0.3, -0.25) is 4.79 Å². The average Bonchev–Trinajstić information content (AvgIpc) is 2.10. The van der Waals surface area contributed by atoms with E-state index in [4.69, 9.17) is 5.73 Å². The number of amides is 1. The zero-order valence-corrected chi connectivity index (χ0v) is 8.67. The minimum atomic E-state index is -0.434. The number of carbonyl (C=O) groups is 1. The molecule has 0 saturated carbocycles. The Labute approximate surface area is 87.8 Å². The Morgan fingerprint density at radius 2 is 2.13 bits per heavy atom. The zero-order valence-electron chi connectivity index (χ0n) is 8.67. The SMILES string of the molecule is CC(C)=CC(=O)Nc1cc(F)ccc1N. The van der Waals surface area contributed by atoms with Crippen molar-refractivity contribution in [3.63, 3.8) is 0 Å². The molecule has 0 radical (unpaired) electrons. The van der Waals surface area contributed by atoms with E-state index in [9.17, 15) is 9.18 Å². The molecule has 3 N–H and O–H groups in total. The third-order valence-corrected chi connectivity index (χ3v) is 1.69. The number of nitrogen functional groups attached to an aromatic ring is 1. The van der Waals surface area contributed by atoms with Crippen LogP contribution in [-0.2, 0) is 4.79 Å². The molecule has 15 heavy (non-hydrogen) atoms. The normalized spacial score (nSPS) is 9.53. The highest BCUT2D eigenvalue weighted by atomic mass is 19.1. The molecule has 3 nitrogen and oxygen atoms in total. The first-order valence-electron chi connectivity index (χ1n) is 4.50. The van der Waals surface area contributed by atoms with Crippen LogP contribution in [0.4, 0.5) is 15.8 Å². The third-order valence-electron chi connectivity index (χ3n) is 1.69. The number of hydrogen-bond donors (Lipinski definition) is 2. The topological polar surface area (TPSA) is 55.1 Å². The maximum Gasteiger partial charge on any atom is 0.248 e. The van der Waals surface area contributed by atoms with Gasteiger partial charge in [0.15, 0.2) is 0 Å². The number of benzene rings is 1. The molecule has 0 unspecified atom stereocenters. The van der Waals surface area contributed by atoms with E-state index in [0.29, 0.717) is 5.69 Å². The number of nitrogens with two attached hydrogens (primary N) is 1. The molecule has 0 spiro atoms. The van der Waals surface area contributed by atoms with Crippen LogP contribution in [0.25, 0.3) is 0 Å². The molecule has 0 aliphatic heterocycles. The lowest BCUT2D eigenvalue weighted by atomic mass is 10.2. The summed E-state index contributed by atoms with van der Waals surface area (Å²) in [6, 6.07) is 3.84. The Morgan fingerprint density at radius 1 is 1.47 bits per heavy atom. The highest BCUT2D eigenvalue weighted by Gasteiger charge is 2.03. The van der Waals surface area contributed by atoms with E-state index >= 15 is 0 Å². The lowest BCUT2D eigenvalue weighted by Gasteiger charge is -2.06. The quantitative estimate of drug-likeness (QED) is 0.578. The smallest absolute Gasteiger partial charge is 0.248 e. The summed E-state index contributed by atoms with van der Waals surface area (Å²) in [6.07, 6.45) is 1.42. The predicted molar refractivity (Wildman–Crippen MR) is 58.9 cm³/mol. The van der Waals surface area contributed by atoms with Gasteiger partial charge in [-0.1, -0.05) is 5.57 Å². The van der Waals surface area contributed by atoms with E-state index in [2.05, 4.69) is 5.32 Å². The summed E-state index contributed by atoms with van der Waals surface area (Å²) < 4.78 is 12.8. The molecular weight excluding hydrogens is 195 g/mol. The molecule has 0 aromatic heterocycles. The molecule has 1 amide bonds. The van der Waals surface area contributed by atoms with E-state index in [1.807, 2.05) is 0 Å². The Morgan fingerprint density at radius 3 is 2.73 bits per heavy atom. The van der Waals surface area contributed by atoms with Gasteiger partial charge >= 0.3 is 0 Å². The molecule has 1 aromatic rings. The minimum absolute atomic E-state index is 0.289. The summed E-state index contributed by atoms with van der Waals surface area (Å²) in [6.45, 7) is 3.60. The number of halogens is 1. The Balaban J connectivity index is 2.85. The number of anilines is 2. The van der Waals surface area contributed by atoms with E-state index in [1.165, 1.54) is 24.3 Å². The lowest BCUT2D eigenvalue weighted by Crippen LogP contribution is -2.10. The molecule has 0 heterocycles. The van der Waals surface area contributed by atoms with Gasteiger partial charge in [-0.15, -0.1) is 0 Å². The number of hydrogen-bond acceptors (Lipinski definition) is 2. The monoisotopic (exact) mass is 208 g/mol. The van der Waals surface area contributed by atoms with Gasteiger partial charge in [0.1, 0.15) is 5.82 Å². The van der Waals surface area contributed by atoms with Crippen molar-refractivity contribution in [2.75, 3.05) is 11.1 Å². The predicted octanol–water partition coefficient (Wildman–Crippen LogP) is 2.31. The van der Waals surface area contributed by atoms with Gasteiger partial charge in [-0.05, 0) is 32.0 Å². The first-order chi connectivity index (χ1) is 6.99. The highest BCUT2D eigenvalue weighted by Crippen LogP contribution is 2.19. The number of nitrogens with one attached hydrogen (secondary N) is 1. The van der Waals surface area contributed by atoms with Crippen LogP contribution in [0.1, 0.15) is 13.8 Å². The molecule has 0 aliphatic rings. The fourth-order valence-corrected chi connectivity index (χ4v) is 1.07. The van der Waals surface area contributed by atoms with Crippen LogP contribution in [-0.4, -0.2) is 5.91 Å². The molecule has 0 atom stereocenters. The van der Waals surface area contributed by atoms with Crippen LogP contribution >= 0.6 is 0 Å². The van der Waals surface area contributed by atoms with Gasteiger partial charge in [0.2, 0.25) is 5.91 Å². The van der Waals surface area contributed by atoms with Crippen LogP contribution in [0.2, 0.25) is 0 Å². The van der Waals surface area contributed by atoms with E-state index in [1.54, 1.807) is 13.8 Å². The lowest BCUT2D eigenvalue weighted by molar-refractivity contribution is -0.111. The standard InChI is InChI=1S/C11H13FN2O/c1-7(2)5-11(15)14-10-6-8(12)3-4-9(10)13/h3-6H,13H2,1-2H3,(H,14,15). The van der Waals surface area contributed by atoms with Gasteiger partial charge in [0.05, 0.1) is 11.4 Å². The first kappa shape index (κ1) is 11.2. The molecule has 1 aromatic carbocycles. The molecule has 1 rings (SSSR count). The van der Waals surface area contributed by atoms with Gasteiger partial charge in [0, 0.05) is 6.08 Å². The second kappa shape index (κ2) is 4.59. The number of carbonyl (C=O) groups excluding carboxylic acids is 1. The molecule has 0 fully saturated rings. The van der Waals surface area contributed by atoms with Gasteiger partial charge in [-0.25, -0.2) is 4.39 Å². The maximum absolute atomic E-state index is 12.8. The summed E-state index contributed by atoms with van der Waals surface area (Å²) in [5, 5.41) is 2.50. The number of allylic oxidation sites excluding steroid dienone is 1. The minimum Gasteiger partial charge on any atom is -0.397 e. The summed E-state index contributed by atoms with van der Waals surface area (Å²) in [5.74, 6) is -0.746. The van der Waals surface area contributed by atoms with E-state index in [0.717, 1.165) is 5.57 Å². The van der Waals surface area contributed by atoms with Crippen molar-refractivity contribution in [3.8, 4) is 0 Å². The first-order valence-corrected chi connectivity index (χ1v) is 4.50. The summed E-state index contributed by atoms with van der Waals surface area (Å²) in [7, 11) is 0. The highest BCUT2D eigenvalue weighted by molar-refractivity contribution is 6.01. The van der Waals surface area contributed by atoms with Crippen LogP contribution in [0.3, 0.4) is 0 Å². The summed E-state index contributed by atoms with van der Waals surface area (Å²) in [5.41, 5.74) is 7.06. The van der Waals surface area contributed by atoms with Gasteiger partial charge < -0.3 is 11.1 Å². The fourth-order valence-electron chi connectivity index (χ4n) is 1.07. The van der Waals surface area contributed by atoms with Crippen LogP contribution in [0.15, 0.2) is 29.8 Å². The fraction of sp³-hybridized carbons (Fsp3) is 0.182. The third kappa shape index (κ3) is 3.42. The summed E-state index contributed by atoms with van der Waals surface area (Å²) in [4.78, 5) is 11.3. The molecule has 80 valence electrons. The van der Waals surface area contributed by atoms with Crippen molar-refractivity contribution in [3.05, 3.63) is 35.7 Å². The second-order valence-corrected chi connectivity index (χ2v) is 3.44. The van der Waals surface area contributed by atoms with Crippen molar-refractivity contribution < 1.29 is 9.18 Å². The maximum atomic E-state index is 12.8. The van der Waals surface area contributed by atoms with E-state index < -0.39 is 5.82 Å². The molecule has 4 heteroatoms. The largest absolute Gasteiger partial charge is 0.397 e. The van der Waals surface area contributed by atoms with Crippen LogP contribution < -0.4 is 11.1 Å². The molecule has 0 aliphatic carbocycles. The van der Waals surface area contributed by atoms with Crippen molar-refractivity contribution in [1.29, 1.82) is 0 Å². The van der Waals surface area contributed by atoms with Gasteiger partial charge in [0.25, 0.3) is 0 Å². The van der Waals surface area contributed by atoms with Gasteiger partial charge in [-0.2, -0.15) is 0 Å². The second-order valence-electron chi connectivity index (χ2n) is 3.44. The van der Waals surface area contributed by atoms with Crippen molar-refractivity contribution in [2.45, 2.75) is 13.8 Å². The van der Waals surface area contributed by atoms with Crippen molar-refractivity contribution >= 4 is 17.3 Å². The Kier molecular flexibility index (Phi) is 3.44. The summed E-state index contributed by atoms with van der Waals surface area (Å²) >= 11 is 0. The molecule has 0 saturated heterocycles. The van der Waals surface area contributed by atoms with Crippen molar-refractivity contribution in [1.82, 2.24) is 0 Å². The Hall–Kier alpha value is -1.84. The average molecular weight is 208 g/mol. The molecular formula is C11H13FN2O. The Bertz CT molecular complexity index is 409. The van der Waals surface area contributed by atoms with Crippen LogP contribution in [0, 0.1) is 5.82 Å². The number of rotatable bonds is 2. The molecule has 0 bridgehead atoms. The zero-order chi connectivity index (χ0) is 11.4. The van der Waals surface area contributed by atoms with E-state index in [-0.39, 0.29) is 11.6 Å².